The predicted molar refractivity (Wildman–Crippen MR) is 134 cm³/mol. The Labute approximate surface area is 192 Å². The van der Waals surface area contributed by atoms with Gasteiger partial charge in [-0.2, -0.15) is 0 Å². The number of aromatic nitrogens is 1. The molecule has 1 aromatic heterocycles. The Morgan fingerprint density at radius 1 is 1.27 bits per heavy atom. The molecule has 30 heavy (non-hydrogen) atoms. The minimum atomic E-state index is 0.112. The molecule has 0 saturated carbocycles. The molecule has 2 nitrogen and oxygen atoms in total. The number of aryl methyl sites for hydroxylation is 1. The van der Waals surface area contributed by atoms with Crippen molar-refractivity contribution in [3.05, 3.63) is 45.3 Å². The van der Waals surface area contributed by atoms with E-state index < -0.39 is 0 Å². The summed E-state index contributed by atoms with van der Waals surface area (Å²) in [6, 6.07) is 0. The lowest BCUT2D eigenvalue weighted by Gasteiger charge is -2.37. The lowest BCUT2D eigenvalue weighted by molar-refractivity contribution is 0.430. The molecule has 0 amide bonds. The number of rotatable bonds is 7. The summed E-state index contributed by atoms with van der Waals surface area (Å²) in [7, 11) is 0. The molecule has 0 radical (unpaired) electrons. The van der Waals surface area contributed by atoms with Gasteiger partial charge >= 0.3 is 0 Å². The van der Waals surface area contributed by atoms with E-state index in [2.05, 4.69) is 72.3 Å². The Kier molecular flexibility index (Phi) is 7.61. The molecular weight excluding hydrogens is 404 g/mol. The van der Waals surface area contributed by atoms with Crippen LogP contribution in [0.5, 0.6) is 0 Å². The van der Waals surface area contributed by atoms with E-state index in [1.54, 1.807) is 28.7 Å². The third-order valence-corrected chi connectivity index (χ3v) is 8.85. The molecule has 0 saturated heterocycles. The quantitative estimate of drug-likeness (QED) is 0.429. The fraction of sp³-hybridized carbons (Fsp3) is 0.654. The van der Waals surface area contributed by atoms with Gasteiger partial charge in [-0.15, -0.1) is 11.3 Å². The first-order chi connectivity index (χ1) is 14.1. The normalized spacial score (nSPS) is 22.2. The Hall–Kier alpha value is -1.00. The molecule has 3 rings (SSSR count). The third kappa shape index (κ3) is 5.24. The molecule has 4 heteroatoms. The average Bonchev–Trinajstić information content (AvgIpc) is 3.10. The molecule has 166 valence electrons. The zero-order valence-electron chi connectivity index (χ0n) is 20.2. The fourth-order valence-corrected chi connectivity index (χ4v) is 6.75. The van der Waals surface area contributed by atoms with E-state index in [4.69, 9.17) is 4.98 Å². The van der Waals surface area contributed by atoms with Crippen LogP contribution in [-0.4, -0.2) is 4.98 Å². The highest BCUT2D eigenvalue weighted by Crippen LogP contribution is 2.45. The first-order valence-electron chi connectivity index (χ1n) is 11.7. The van der Waals surface area contributed by atoms with E-state index in [9.17, 15) is 0 Å². The van der Waals surface area contributed by atoms with Gasteiger partial charge in [0.05, 0.1) is 10.7 Å². The molecule has 0 spiro atoms. The molecule has 2 atom stereocenters. The number of hydrogen-bond donors (Lipinski definition) is 1. The zero-order chi connectivity index (χ0) is 22.1. The van der Waals surface area contributed by atoms with Crippen LogP contribution in [0.4, 0.5) is 0 Å². The van der Waals surface area contributed by atoms with Crippen LogP contribution in [0.2, 0.25) is 0 Å². The maximum atomic E-state index is 4.93. The topological polar surface area (TPSA) is 24.9 Å². The van der Waals surface area contributed by atoms with Crippen LogP contribution in [-0.2, 0) is 11.8 Å². The second-order valence-corrected chi connectivity index (χ2v) is 12.4. The van der Waals surface area contributed by atoms with E-state index in [0.717, 1.165) is 12.8 Å². The number of thiazole rings is 1. The first kappa shape index (κ1) is 23.7. The van der Waals surface area contributed by atoms with Gasteiger partial charge in [0.1, 0.15) is 4.21 Å². The highest BCUT2D eigenvalue weighted by Gasteiger charge is 2.32. The summed E-state index contributed by atoms with van der Waals surface area (Å²) in [5.41, 5.74) is 7.65. The lowest BCUT2D eigenvalue weighted by atomic mass is 9.69. The molecule has 0 bridgehead atoms. The molecule has 1 heterocycles. The van der Waals surface area contributed by atoms with Crippen molar-refractivity contribution in [2.45, 2.75) is 97.1 Å². The lowest BCUT2D eigenvalue weighted by Crippen LogP contribution is -2.26. The molecule has 2 aliphatic rings. The second-order valence-electron chi connectivity index (χ2n) is 10.3. The van der Waals surface area contributed by atoms with Gasteiger partial charge in [0.15, 0.2) is 0 Å². The molecule has 0 aromatic carbocycles. The Bertz CT molecular complexity index is 849. The van der Waals surface area contributed by atoms with E-state index in [0.29, 0.717) is 17.8 Å². The number of fused-ring (bicyclic) bond motifs is 1. The number of nitrogens with one attached hydrogen (secondary N) is 1. The standard InChI is InChI=1S/C26H40N2S2/c1-9-11-18-13-20(16(3)4)22-15-19(12-17(5)21(22)14-18)28-30-24-23(10-2)27-25(29-24)26(6,7)8/h12-13,16-17,21,28H,9-11,14-15H2,1-8H3. The summed E-state index contributed by atoms with van der Waals surface area (Å²) in [5.74, 6) is 1.87. The van der Waals surface area contributed by atoms with Gasteiger partial charge < -0.3 is 4.72 Å². The molecule has 1 aromatic rings. The Morgan fingerprint density at radius 3 is 2.60 bits per heavy atom. The molecular formula is C26H40N2S2. The smallest absolute Gasteiger partial charge is 0.104 e. The van der Waals surface area contributed by atoms with Gasteiger partial charge in [0.2, 0.25) is 0 Å². The van der Waals surface area contributed by atoms with Crippen molar-refractivity contribution < 1.29 is 0 Å². The average molecular weight is 445 g/mol. The molecule has 2 unspecified atom stereocenters. The summed E-state index contributed by atoms with van der Waals surface area (Å²) in [6.07, 6.45) is 10.8. The van der Waals surface area contributed by atoms with Crippen LogP contribution < -0.4 is 4.72 Å². The van der Waals surface area contributed by atoms with E-state index >= 15 is 0 Å². The largest absolute Gasteiger partial charge is 0.329 e. The number of nitrogens with zero attached hydrogens (tertiary/aromatic N) is 1. The van der Waals surface area contributed by atoms with Gasteiger partial charge in [0, 0.05) is 17.5 Å². The Morgan fingerprint density at radius 2 is 2.00 bits per heavy atom. The van der Waals surface area contributed by atoms with Crippen LogP contribution in [0, 0.1) is 17.8 Å². The highest BCUT2D eigenvalue weighted by atomic mass is 32.2. The maximum absolute atomic E-state index is 4.93. The van der Waals surface area contributed by atoms with E-state index in [-0.39, 0.29) is 5.41 Å². The van der Waals surface area contributed by atoms with Crippen molar-refractivity contribution in [3.63, 3.8) is 0 Å². The summed E-state index contributed by atoms with van der Waals surface area (Å²) >= 11 is 3.63. The summed E-state index contributed by atoms with van der Waals surface area (Å²) < 4.78 is 5.05. The monoisotopic (exact) mass is 444 g/mol. The predicted octanol–water partition coefficient (Wildman–Crippen LogP) is 8.22. The molecule has 2 aliphatic carbocycles. The fourth-order valence-electron chi connectivity index (χ4n) is 4.60. The minimum absolute atomic E-state index is 0.112. The van der Waals surface area contributed by atoms with E-state index in [1.165, 1.54) is 39.9 Å². The van der Waals surface area contributed by atoms with Crippen molar-refractivity contribution in [1.29, 1.82) is 0 Å². The number of allylic oxidation sites excluding steroid dienone is 5. The van der Waals surface area contributed by atoms with Crippen molar-refractivity contribution in [2.24, 2.45) is 17.8 Å². The van der Waals surface area contributed by atoms with Crippen LogP contribution in [0.25, 0.3) is 0 Å². The maximum Gasteiger partial charge on any atom is 0.104 e. The van der Waals surface area contributed by atoms with Crippen LogP contribution >= 0.6 is 23.3 Å². The highest BCUT2D eigenvalue weighted by molar-refractivity contribution is 7.99. The molecule has 0 fully saturated rings. The van der Waals surface area contributed by atoms with Gasteiger partial charge in [-0.05, 0) is 54.5 Å². The van der Waals surface area contributed by atoms with Gasteiger partial charge in [-0.1, -0.05) is 85.1 Å². The van der Waals surface area contributed by atoms with Crippen LogP contribution in [0.1, 0.15) is 91.8 Å². The third-order valence-electron chi connectivity index (χ3n) is 6.25. The molecule has 1 N–H and O–H groups in total. The SMILES string of the molecule is CCCC1=CC(C(C)C)=C2CC(NSc3sc(C(C)(C)C)nc3CC)=CC(C)C2C1. The van der Waals surface area contributed by atoms with Crippen LogP contribution in [0.15, 0.2) is 38.8 Å². The minimum Gasteiger partial charge on any atom is -0.329 e. The van der Waals surface area contributed by atoms with Gasteiger partial charge in [-0.3, -0.25) is 0 Å². The van der Waals surface area contributed by atoms with E-state index in [1.807, 2.05) is 11.3 Å². The van der Waals surface area contributed by atoms with Crippen molar-refractivity contribution in [1.82, 2.24) is 9.71 Å². The zero-order valence-corrected chi connectivity index (χ0v) is 21.8. The van der Waals surface area contributed by atoms with Crippen molar-refractivity contribution >= 4 is 23.3 Å². The summed E-state index contributed by atoms with van der Waals surface area (Å²) in [5, 5.41) is 1.24. The molecule has 0 aliphatic heterocycles. The van der Waals surface area contributed by atoms with Crippen molar-refractivity contribution in [2.75, 3.05) is 0 Å². The van der Waals surface area contributed by atoms with Crippen molar-refractivity contribution in [3.8, 4) is 0 Å². The number of hydrogen-bond acceptors (Lipinski definition) is 4. The second kappa shape index (κ2) is 9.65. The summed E-state index contributed by atoms with van der Waals surface area (Å²) in [4.78, 5) is 4.93. The Balaban J connectivity index is 1.80. The van der Waals surface area contributed by atoms with Crippen LogP contribution in [0.3, 0.4) is 0 Å². The van der Waals surface area contributed by atoms with Gasteiger partial charge in [-0.25, -0.2) is 4.98 Å². The summed E-state index contributed by atoms with van der Waals surface area (Å²) in [6.45, 7) is 18.4. The first-order valence-corrected chi connectivity index (χ1v) is 13.3. The van der Waals surface area contributed by atoms with Gasteiger partial charge in [0.25, 0.3) is 0 Å².